The van der Waals surface area contributed by atoms with Gasteiger partial charge in [0, 0.05) is 11.6 Å². The Balaban J connectivity index is 2.49. The molecule has 1 N–H and O–H groups in total. The Bertz CT molecular complexity index is 993. The minimum absolute atomic E-state index is 0.0755. The Morgan fingerprint density at radius 2 is 2.21 bits per heavy atom. The van der Waals surface area contributed by atoms with Crippen LogP contribution in [0.1, 0.15) is 38.3 Å². The topological polar surface area (TPSA) is 50.7 Å². The van der Waals surface area contributed by atoms with Crippen LogP contribution >= 0.6 is 23.6 Å². The molecule has 3 rings (SSSR count). The fourth-order valence-corrected chi connectivity index (χ4v) is 3.63. The largest absolute Gasteiger partial charge is 0.300 e. The molecule has 0 unspecified atom stereocenters. The lowest BCUT2D eigenvalue weighted by atomic mass is 10.1. The molecule has 3 heterocycles. The molecule has 0 saturated heterocycles. The average Bonchev–Trinajstić information content (AvgIpc) is 3.07. The predicted molar refractivity (Wildman–Crippen MR) is 94.5 cm³/mol. The number of halogens is 2. The summed E-state index contributed by atoms with van der Waals surface area (Å²) >= 11 is 6.65. The molecule has 0 spiro atoms. The van der Waals surface area contributed by atoms with Gasteiger partial charge in [-0.2, -0.15) is 0 Å². The van der Waals surface area contributed by atoms with Gasteiger partial charge < -0.3 is 0 Å². The first-order valence-electron chi connectivity index (χ1n) is 7.45. The van der Waals surface area contributed by atoms with Gasteiger partial charge >= 0.3 is 0 Å². The third-order valence-electron chi connectivity index (χ3n) is 3.97. The Morgan fingerprint density at radius 3 is 2.79 bits per heavy atom. The van der Waals surface area contributed by atoms with Gasteiger partial charge in [-0.05, 0) is 43.1 Å². The number of hydrogen-bond acceptors (Lipinski definition) is 4. The van der Waals surface area contributed by atoms with E-state index in [9.17, 15) is 13.6 Å². The number of aromatic nitrogens is 3. The van der Waals surface area contributed by atoms with Crippen LogP contribution in [-0.4, -0.2) is 14.5 Å². The van der Waals surface area contributed by atoms with Crippen molar-refractivity contribution in [1.29, 1.82) is 0 Å². The highest BCUT2D eigenvalue weighted by molar-refractivity contribution is 7.71. The van der Waals surface area contributed by atoms with E-state index in [1.165, 1.54) is 17.4 Å². The van der Waals surface area contributed by atoms with Crippen molar-refractivity contribution in [2.24, 2.45) is 0 Å². The Kier molecular flexibility index (Phi) is 4.60. The van der Waals surface area contributed by atoms with E-state index in [-0.39, 0.29) is 27.4 Å². The van der Waals surface area contributed by atoms with Crippen LogP contribution in [0.15, 0.2) is 28.4 Å². The first-order chi connectivity index (χ1) is 11.4. The molecule has 4 nitrogen and oxygen atoms in total. The summed E-state index contributed by atoms with van der Waals surface area (Å²) in [5.74, 6) is 0. The molecule has 0 fully saturated rings. The molecular weight excluding hydrogens is 352 g/mol. The van der Waals surface area contributed by atoms with Crippen LogP contribution in [0.2, 0.25) is 0 Å². The number of alkyl halides is 2. The number of hydrogen-bond donors (Lipinski definition) is 1. The summed E-state index contributed by atoms with van der Waals surface area (Å²) in [7, 11) is 0. The zero-order chi connectivity index (χ0) is 17.4. The lowest BCUT2D eigenvalue weighted by molar-refractivity contribution is 0.153. The third kappa shape index (κ3) is 2.80. The van der Waals surface area contributed by atoms with Crippen molar-refractivity contribution in [1.82, 2.24) is 14.5 Å². The van der Waals surface area contributed by atoms with Crippen molar-refractivity contribution in [2.45, 2.75) is 32.7 Å². The number of thiophene rings is 1. The summed E-state index contributed by atoms with van der Waals surface area (Å²) in [6.07, 6.45) is -2.05. The van der Waals surface area contributed by atoms with Crippen LogP contribution < -0.4 is 5.56 Å². The molecule has 0 radical (unpaired) electrons. The SMILES string of the molecule is CC[C@H](C)n1c(=S)[nH]c(=O)c2c(C(F)F)cc(-c3cccs3)nc21. The van der Waals surface area contributed by atoms with Crippen LogP contribution in [0, 0.1) is 4.77 Å². The number of rotatable bonds is 4. The molecule has 126 valence electrons. The molecule has 0 saturated carbocycles. The predicted octanol–water partition coefficient (Wildman–Crippen LogP) is 5.09. The van der Waals surface area contributed by atoms with Crippen LogP contribution in [0.5, 0.6) is 0 Å². The van der Waals surface area contributed by atoms with E-state index >= 15 is 0 Å². The van der Waals surface area contributed by atoms with Crippen molar-refractivity contribution in [3.63, 3.8) is 0 Å². The minimum Gasteiger partial charge on any atom is -0.300 e. The smallest absolute Gasteiger partial charge is 0.264 e. The molecule has 1 atom stereocenters. The van der Waals surface area contributed by atoms with E-state index in [0.717, 1.165) is 11.3 Å². The first-order valence-corrected chi connectivity index (χ1v) is 8.74. The zero-order valence-corrected chi connectivity index (χ0v) is 14.7. The number of pyridine rings is 1. The van der Waals surface area contributed by atoms with Crippen molar-refractivity contribution in [3.8, 4) is 10.6 Å². The standard InChI is InChI=1S/C16H15F2N3OS2/c1-3-8(2)21-14-12(15(22)20-16(21)23)9(13(17)18)7-10(19-14)11-5-4-6-24-11/h4-8,13H,3H2,1-2H3,(H,20,22,23)/t8-/m0/s1. The van der Waals surface area contributed by atoms with Crippen LogP contribution in [-0.2, 0) is 0 Å². The summed E-state index contributed by atoms with van der Waals surface area (Å²) in [5, 5.41) is 1.75. The second-order valence-electron chi connectivity index (χ2n) is 5.46. The van der Waals surface area contributed by atoms with Crippen molar-refractivity contribution >= 4 is 34.6 Å². The van der Waals surface area contributed by atoms with Crippen LogP contribution in [0.25, 0.3) is 21.6 Å². The van der Waals surface area contributed by atoms with Gasteiger partial charge in [0.05, 0.1) is 16.0 Å². The lowest BCUT2D eigenvalue weighted by Crippen LogP contribution is -2.19. The Labute approximate surface area is 145 Å². The first kappa shape index (κ1) is 16.9. The fourth-order valence-electron chi connectivity index (χ4n) is 2.59. The van der Waals surface area contributed by atoms with Gasteiger partial charge in [0.25, 0.3) is 12.0 Å². The summed E-state index contributed by atoms with van der Waals surface area (Å²) in [6.45, 7) is 3.87. The molecule has 0 amide bonds. The third-order valence-corrected chi connectivity index (χ3v) is 5.16. The molecule has 0 aliphatic heterocycles. The highest BCUT2D eigenvalue weighted by Gasteiger charge is 2.21. The van der Waals surface area contributed by atoms with E-state index < -0.39 is 12.0 Å². The number of fused-ring (bicyclic) bond motifs is 1. The molecule has 0 aliphatic carbocycles. The van der Waals surface area contributed by atoms with E-state index in [1.54, 1.807) is 4.57 Å². The van der Waals surface area contributed by atoms with Gasteiger partial charge in [0.15, 0.2) is 4.77 Å². The minimum atomic E-state index is -2.78. The number of aromatic amines is 1. The molecular formula is C16H15F2N3OS2. The summed E-state index contributed by atoms with van der Waals surface area (Å²) < 4.78 is 29.0. The number of nitrogens with one attached hydrogen (secondary N) is 1. The monoisotopic (exact) mass is 367 g/mol. The molecule has 0 bridgehead atoms. The molecule has 8 heteroatoms. The normalized spacial score (nSPS) is 12.9. The molecule has 0 aromatic carbocycles. The van der Waals surface area contributed by atoms with Gasteiger partial charge in [0.2, 0.25) is 0 Å². The van der Waals surface area contributed by atoms with Crippen molar-refractivity contribution in [2.75, 3.05) is 0 Å². The maximum absolute atomic E-state index is 13.6. The van der Waals surface area contributed by atoms with E-state index in [4.69, 9.17) is 12.2 Å². The maximum Gasteiger partial charge on any atom is 0.264 e. The van der Waals surface area contributed by atoms with Crippen LogP contribution in [0.3, 0.4) is 0 Å². The van der Waals surface area contributed by atoms with E-state index in [1.807, 2.05) is 31.4 Å². The second kappa shape index (κ2) is 6.52. The van der Waals surface area contributed by atoms with E-state index in [0.29, 0.717) is 5.69 Å². The zero-order valence-electron chi connectivity index (χ0n) is 13.0. The van der Waals surface area contributed by atoms with Gasteiger partial charge in [-0.1, -0.05) is 13.0 Å². The summed E-state index contributed by atoms with van der Waals surface area (Å²) in [5.41, 5.74) is -0.323. The molecule has 24 heavy (non-hydrogen) atoms. The summed E-state index contributed by atoms with van der Waals surface area (Å²) in [4.78, 5) is 20.0. The molecule has 3 aromatic rings. The van der Waals surface area contributed by atoms with Crippen molar-refractivity contribution in [3.05, 3.63) is 44.3 Å². The molecule has 0 aliphatic rings. The number of nitrogens with zero attached hydrogens (tertiary/aromatic N) is 2. The second-order valence-corrected chi connectivity index (χ2v) is 6.79. The Hall–Kier alpha value is -1.93. The van der Waals surface area contributed by atoms with Gasteiger partial charge in [0.1, 0.15) is 5.65 Å². The van der Waals surface area contributed by atoms with Gasteiger partial charge in [-0.3, -0.25) is 14.3 Å². The highest BCUT2D eigenvalue weighted by Crippen LogP contribution is 2.32. The maximum atomic E-state index is 13.6. The Morgan fingerprint density at radius 1 is 1.46 bits per heavy atom. The quantitative estimate of drug-likeness (QED) is 0.653. The van der Waals surface area contributed by atoms with Crippen molar-refractivity contribution < 1.29 is 8.78 Å². The number of H-pyrrole nitrogens is 1. The molecule has 3 aromatic heterocycles. The fraction of sp³-hybridized carbons (Fsp3) is 0.312. The average molecular weight is 367 g/mol. The van der Waals surface area contributed by atoms with Crippen LogP contribution in [0.4, 0.5) is 8.78 Å². The van der Waals surface area contributed by atoms with Gasteiger partial charge in [-0.25, -0.2) is 13.8 Å². The van der Waals surface area contributed by atoms with Gasteiger partial charge in [-0.15, -0.1) is 11.3 Å². The lowest BCUT2D eigenvalue weighted by Gasteiger charge is -2.18. The highest BCUT2D eigenvalue weighted by atomic mass is 32.1. The summed E-state index contributed by atoms with van der Waals surface area (Å²) in [6, 6.07) is 4.85. The van der Waals surface area contributed by atoms with E-state index in [2.05, 4.69) is 9.97 Å².